The molecule has 0 aromatic rings. The molecule has 0 spiro atoms. The van der Waals surface area contributed by atoms with Crippen LogP contribution in [0.25, 0.3) is 0 Å². The summed E-state index contributed by atoms with van der Waals surface area (Å²) in [5.74, 6) is 0. The number of hydrogen-bond acceptors (Lipinski definition) is 3. The molecular formula is C12H20O3Si. The second-order valence-corrected chi connectivity index (χ2v) is 9.47. The molecule has 16 heavy (non-hydrogen) atoms. The van der Waals surface area contributed by atoms with E-state index in [2.05, 4.69) is 32.5 Å². The zero-order valence-electron chi connectivity index (χ0n) is 10.2. The zero-order chi connectivity index (χ0) is 11.4. The van der Waals surface area contributed by atoms with Gasteiger partial charge in [0.1, 0.15) is 0 Å². The Morgan fingerprint density at radius 3 is 2.38 bits per heavy atom. The molecule has 3 rings (SSSR count). The van der Waals surface area contributed by atoms with Gasteiger partial charge in [-0.15, -0.1) is 0 Å². The van der Waals surface area contributed by atoms with Crippen LogP contribution in [0, 0.1) is 5.41 Å². The Labute approximate surface area is 98.0 Å². The first-order valence-electron chi connectivity index (χ1n) is 6.10. The molecule has 0 aromatic carbocycles. The van der Waals surface area contributed by atoms with Crippen LogP contribution in [-0.2, 0) is 13.6 Å². The first-order valence-corrected chi connectivity index (χ1v) is 8.50. The van der Waals surface area contributed by atoms with Crippen molar-refractivity contribution in [2.45, 2.75) is 44.6 Å². The van der Waals surface area contributed by atoms with Crippen LogP contribution >= 0.6 is 0 Å². The highest BCUT2D eigenvalue weighted by molar-refractivity contribution is 6.68. The number of rotatable bonds is 1. The molecular weight excluding hydrogens is 220 g/mol. The molecule has 0 radical (unpaired) electrons. The van der Waals surface area contributed by atoms with Gasteiger partial charge in [-0.3, -0.25) is 0 Å². The summed E-state index contributed by atoms with van der Waals surface area (Å²) in [6, 6.07) is 0. The molecule has 3 aliphatic rings. The molecule has 3 unspecified atom stereocenters. The number of hydrogen-bond donors (Lipinski definition) is 0. The largest absolute Gasteiger partial charge is 0.393 e. The van der Waals surface area contributed by atoms with E-state index in [4.69, 9.17) is 13.6 Å². The Morgan fingerprint density at radius 1 is 1.19 bits per heavy atom. The van der Waals surface area contributed by atoms with Gasteiger partial charge in [-0.1, -0.05) is 26.0 Å². The lowest BCUT2D eigenvalue weighted by molar-refractivity contribution is 0.00603. The predicted octanol–water partition coefficient (Wildman–Crippen LogP) is 2.23. The Morgan fingerprint density at radius 2 is 1.88 bits per heavy atom. The normalized spacial score (nSPS) is 43.8. The number of fused-ring (bicyclic) bond motifs is 2. The molecule has 90 valence electrons. The van der Waals surface area contributed by atoms with Crippen LogP contribution in [0.4, 0.5) is 0 Å². The van der Waals surface area contributed by atoms with Gasteiger partial charge in [0, 0.05) is 24.2 Å². The Hall–Kier alpha value is -0.163. The maximum atomic E-state index is 6.12. The van der Waals surface area contributed by atoms with Crippen LogP contribution < -0.4 is 0 Å². The second kappa shape index (κ2) is 3.42. The summed E-state index contributed by atoms with van der Waals surface area (Å²) in [4.78, 5) is 0. The van der Waals surface area contributed by atoms with Gasteiger partial charge in [0.05, 0.1) is 12.2 Å². The molecule has 0 N–H and O–H groups in total. The molecule has 2 fully saturated rings. The van der Waals surface area contributed by atoms with Crippen LogP contribution in [0.3, 0.4) is 0 Å². The van der Waals surface area contributed by atoms with Crippen LogP contribution in [0.5, 0.6) is 0 Å². The van der Waals surface area contributed by atoms with Crippen molar-refractivity contribution in [2.75, 3.05) is 13.2 Å². The molecule has 0 aliphatic carbocycles. The van der Waals surface area contributed by atoms with Gasteiger partial charge in [-0.25, -0.2) is 0 Å². The smallest absolute Gasteiger partial charge is 0.341 e. The maximum Gasteiger partial charge on any atom is 0.341 e. The minimum absolute atomic E-state index is 0.167. The quantitative estimate of drug-likeness (QED) is 0.519. The Bertz CT molecular complexity index is 316. The summed E-state index contributed by atoms with van der Waals surface area (Å²) in [6.07, 6.45) is 6.02. The van der Waals surface area contributed by atoms with Crippen LogP contribution in [0.15, 0.2) is 12.2 Å². The van der Waals surface area contributed by atoms with Gasteiger partial charge in [0.15, 0.2) is 0 Å². The van der Waals surface area contributed by atoms with E-state index in [-0.39, 0.29) is 11.5 Å². The summed E-state index contributed by atoms with van der Waals surface area (Å²) in [5, 5.41) is 0. The molecule has 4 heteroatoms. The van der Waals surface area contributed by atoms with Crippen molar-refractivity contribution in [3.63, 3.8) is 0 Å². The van der Waals surface area contributed by atoms with Gasteiger partial charge in [-0.2, -0.15) is 0 Å². The van der Waals surface area contributed by atoms with Crippen molar-refractivity contribution < 1.29 is 13.6 Å². The van der Waals surface area contributed by atoms with E-state index in [1.165, 1.54) is 0 Å². The van der Waals surface area contributed by atoms with E-state index in [1.54, 1.807) is 0 Å². The molecule has 0 amide bonds. The summed E-state index contributed by atoms with van der Waals surface area (Å²) < 4.78 is 18.1. The Balaban J connectivity index is 1.73. The Kier molecular flexibility index (Phi) is 2.34. The first-order chi connectivity index (χ1) is 7.49. The highest BCUT2D eigenvalue weighted by Crippen LogP contribution is 2.46. The van der Waals surface area contributed by atoms with Gasteiger partial charge >= 0.3 is 8.56 Å². The fourth-order valence-corrected chi connectivity index (χ4v) is 6.07. The molecule has 3 atom stereocenters. The summed E-state index contributed by atoms with van der Waals surface area (Å²) in [7, 11) is -2.02. The SMILES string of the molecule is CC1(C)CO[Si](C)(C2CC3C=CC2O3)OC1. The minimum atomic E-state index is -2.02. The van der Waals surface area contributed by atoms with Crippen molar-refractivity contribution in [1.29, 1.82) is 0 Å². The predicted molar refractivity (Wildman–Crippen MR) is 63.5 cm³/mol. The molecule has 3 nitrogen and oxygen atoms in total. The van der Waals surface area contributed by atoms with Crippen LogP contribution in [0.1, 0.15) is 20.3 Å². The third-order valence-corrected chi connectivity index (χ3v) is 7.25. The molecule has 0 saturated carbocycles. The maximum absolute atomic E-state index is 6.12. The molecule has 3 aliphatic heterocycles. The molecule has 3 heterocycles. The van der Waals surface area contributed by atoms with Gasteiger partial charge in [-0.05, 0) is 13.0 Å². The lowest BCUT2D eigenvalue weighted by Crippen LogP contribution is -2.54. The minimum Gasteiger partial charge on any atom is -0.393 e. The van der Waals surface area contributed by atoms with Crippen molar-refractivity contribution >= 4 is 8.56 Å². The van der Waals surface area contributed by atoms with E-state index in [0.717, 1.165) is 19.6 Å². The van der Waals surface area contributed by atoms with E-state index in [1.807, 2.05) is 0 Å². The van der Waals surface area contributed by atoms with E-state index < -0.39 is 8.56 Å². The standard InChI is InChI=1S/C12H20O3Si/c1-12(2)7-13-16(3,14-8-12)11-6-9-4-5-10(11)15-9/h4-5,9-11H,6-8H2,1-3H3. The summed E-state index contributed by atoms with van der Waals surface area (Å²) in [6.45, 7) is 8.24. The molecule has 0 aromatic heterocycles. The summed E-state index contributed by atoms with van der Waals surface area (Å²) >= 11 is 0. The monoisotopic (exact) mass is 240 g/mol. The van der Waals surface area contributed by atoms with E-state index >= 15 is 0 Å². The van der Waals surface area contributed by atoms with Crippen molar-refractivity contribution in [2.24, 2.45) is 5.41 Å². The lowest BCUT2D eigenvalue weighted by atomic mass is 9.97. The average molecular weight is 240 g/mol. The first kappa shape index (κ1) is 11.0. The highest BCUT2D eigenvalue weighted by atomic mass is 28.4. The topological polar surface area (TPSA) is 27.7 Å². The van der Waals surface area contributed by atoms with Gasteiger partial charge in [0.25, 0.3) is 0 Å². The van der Waals surface area contributed by atoms with Gasteiger partial charge in [0.2, 0.25) is 0 Å². The van der Waals surface area contributed by atoms with Gasteiger partial charge < -0.3 is 13.6 Å². The van der Waals surface area contributed by atoms with Crippen LogP contribution in [0.2, 0.25) is 12.1 Å². The highest BCUT2D eigenvalue weighted by Gasteiger charge is 2.54. The van der Waals surface area contributed by atoms with Crippen molar-refractivity contribution in [3.05, 3.63) is 12.2 Å². The third-order valence-electron chi connectivity index (χ3n) is 3.90. The molecule has 2 bridgehead atoms. The summed E-state index contributed by atoms with van der Waals surface area (Å²) in [5.41, 5.74) is 0.652. The fourth-order valence-electron chi connectivity index (χ4n) is 2.76. The number of ether oxygens (including phenoxy) is 1. The molecule has 2 saturated heterocycles. The third kappa shape index (κ3) is 1.68. The lowest BCUT2D eigenvalue weighted by Gasteiger charge is -2.43. The zero-order valence-corrected chi connectivity index (χ0v) is 11.2. The van der Waals surface area contributed by atoms with Crippen LogP contribution in [-0.4, -0.2) is 34.0 Å². The van der Waals surface area contributed by atoms with Crippen molar-refractivity contribution in [1.82, 2.24) is 0 Å². The fraction of sp³-hybridized carbons (Fsp3) is 0.833. The van der Waals surface area contributed by atoms with E-state index in [9.17, 15) is 0 Å². The second-order valence-electron chi connectivity index (χ2n) is 6.12. The van der Waals surface area contributed by atoms with E-state index in [0.29, 0.717) is 11.6 Å². The average Bonchev–Trinajstić information content (AvgIpc) is 2.85. The van der Waals surface area contributed by atoms with Crippen molar-refractivity contribution in [3.8, 4) is 0 Å².